The van der Waals surface area contributed by atoms with E-state index in [1.165, 1.54) is 5.06 Å². The first-order valence-corrected chi connectivity index (χ1v) is 4.04. The van der Waals surface area contributed by atoms with Gasteiger partial charge in [0, 0.05) is 13.1 Å². The second kappa shape index (κ2) is 3.87. The molecule has 1 fully saturated rings. The Kier molecular flexibility index (Phi) is 3.07. The number of morpholine rings is 1. The molecular formula is C4H9NO4S. The Morgan fingerprint density at radius 1 is 1.30 bits per heavy atom. The summed E-state index contributed by atoms with van der Waals surface area (Å²) in [6.45, 7) is 2.10. The van der Waals surface area contributed by atoms with Crippen LogP contribution in [0.25, 0.3) is 0 Å². The maximum atomic E-state index is 10.00. The standard InChI is InChI=1S/C4H9NO4S/c6-10(7)9-5-1-3-8-4-2-5/h10H,1-4H2. The fraction of sp³-hybridized carbons (Fsp3) is 1.00. The summed E-state index contributed by atoms with van der Waals surface area (Å²) in [5.74, 6) is 0. The van der Waals surface area contributed by atoms with Gasteiger partial charge in [-0.1, -0.05) is 0 Å². The lowest BCUT2D eigenvalue weighted by molar-refractivity contribution is -0.110. The molecule has 1 aliphatic heterocycles. The number of rotatable bonds is 2. The highest BCUT2D eigenvalue weighted by atomic mass is 32.2. The highest BCUT2D eigenvalue weighted by Crippen LogP contribution is 1.96. The van der Waals surface area contributed by atoms with Crippen LogP contribution in [0, 0.1) is 0 Å². The Morgan fingerprint density at radius 2 is 1.90 bits per heavy atom. The highest BCUT2D eigenvalue weighted by molar-refractivity contribution is 7.67. The van der Waals surface area contributed by atoms with Crippen molar-refractivity contribution in [3.8, 4) is 0 Å². The maximum absolute atomic E-state index is 10.00. The average molecular weight is 167 g/mol. The molecule has 0 unspecified atom stereocenters. The summed E-state index contributed by atoms with van der Waals surface area (Å²) in [6.07, 6.45) is 0. The van der Waals surface area contributed by atoms with Gasteiger partial charge in [0.1, 0.15) is 0 Å². The van der Waals surface area contributed by atoms with Gasteiger partial charge in [-0.05, 0) is 0 Å². The van der Waals surface area contributed by atoms with E-state index in [9.17, 15) is 8.42 Å². The molecule has 0 spiro atoms. The first kappa shape index (κ1) is 7.93. The van der Waals surface area contributed by atoms with Gasteiger partial charge >= 0.3 is 0 Å². The van der Waals surface area contributed by atoms with Gasteiger partial charge in [0.2, 0.25) is 0 Å². The molecule has 0 atom stereocenters. The minimum Gasteiger partial charge on any atom is -0.379 e. The van der Waals surface area contributed by atoms with Gasteiger partial charge in [0.25, 0.3) is 11.0 Å². The lowest BCUT2D eigenvalue weighted by Crippen LogP contribution is -2.35. The van der Waals surface area contributed by atoms with Crippen LogP contribution < -0.4 is 0 Å². The zero-order valence-corrected chi connectivity index (χ0v) is 6.25. The fourth-order valence-corrected chi connectivity index (χ4v) is 1.07. The lowest BCUT2D eigenvalue weighted by Gasteiger charge is -2.22. The number of nitrogens with zero attached hydrogens (tertiary/aromatic N) is 1. The van der Waals surface area contributed by atoms with Gasteiger partial charge < -0.3 is 4.74 Å². The van der Waals surface area contributed by atoms with E-state index in [0.717, 1.165) is 0 Å². The van der Waals surface area contributed by atoms with Gasteiger partial charge in [-0.2, -0.15) is 9.35 Å². The zero-order chi connectivity index (χ0) is 7.40. The second-order valence-electron chi connectivity index (χ2n) is 1.85. The molecule has 0 bridgehead atoms. The summed E-state index contributed by atoms with van der Waals surface area (Å²) in [4.78, 5) is 0. The van der Waals surface area contributed by atoms with Crippen LogP contribution in [0.3, 0.4) is 0 Å². The van der Waals surface area contributed by atoms with Crippen molar-refractivity contribution in [1.29, 1.82) is 0 Å². The summed E-state index contributed by atoms with van der Waals surface area (Å²) in [5.41, 5.74) is 0. The van der Waals surface area contributed by atoms with Gasteiger partial charge in [0.15, 0.2) is 0 Å². The number of thiol groups is 1. The molecule has 0 aliphatic carbocycles. The van der Waals surface area contributed by atoms with E-state index in [1.54, 1.807) is 0 Å². The van der Waals surface area contributed by atoms with Crippen LogP contribution in [0.5, 0.6) is 0 Å². The predicted octanol–water partition coefficient (Wildman–Crippen LogP) is -1.22. The molecule has 0 aromatic carbocycles. The second-order valence-corrected chi connectivity index (χ2v) is 2.46. The number of hydrogen-bond acceptors (Lipinski definition) is 5. The third kappa shape index (κ3) is 2.61. The Labute approximate surface area is 60.6 Å². The quantitative estimate of drug-likeness (QED) is 0.522. The van der Waals surface area contributed by atoms with Crippen molar-refractivity contribution < 1.29 is 17.4 Å². The molecule has 1 saturated heterocycles. The summed E-state index contributed by atoms with van der Waals surface area (Å²) in [5, 5.41) is 1.37. The van der Waals surface area contributed by atoms with Crippen molar-refractivity contribution in [3.63, 3.8) is 0 Å². The number of hydroxylamine groups is 2. The van der Waals surface area contributed by atoms with E-state index in [0.29, 0.717) is 26.3 Å². The Hall–Kier alpha value is -0.170. The van der Waals surface area contributed by atoms with E-state index in [-0.39, 0.29) is 0 Å². The molecule has 0 aromatic heterocycles. The SMILES string of the molecule is O=[SH](=O)ON1CCOCC1. The topological polar surface area (TPSA) is 55.8 Å². The van der Waals surface area contributed by atoms with Crippen LogP contribution in [0.4, 0.5) is 0 Å². The first-order valence-electron chi connectivity index (χ1n) is 2.94. The van der Waals surface area contributed by atoms with E-state index in [4.69, 9.17) is 4.74 Å². The van der Waals surface area contributed by atoms with Gasteiger partial charge in [0.05, 0.1) is 13.2 Å². The smallest absolute Gasteiger partial charge is 0.273 e. The van der Waals surface area contributed by atoms with Crippen LogP contribution in [0.2, 0.25) is 0 Å². The molecular weight excluding hydrogens is 158 g/mol. The monoisotopic (exact) mass is 167 g/mol. The Morgan fingerprint density at radius 3 is 2.40 bits per heavy atom. The van der Waals surface area contributed by atoms with E-state index in [1.807, 2.05) is 0 Å². The van der Waals surface area contributed by atoms with Gasteiger partial charge in [-0.3, -0.25) is 0 Å². The molecule has 0 saturated carbocycles. The molecule has 0 radical (unpaired) electrons. The van der Waals surface area contributed by atoms with Crippen LogP contribution in [-0.2, 0) is 20.0 Å². The first-order chi connectivity index (χ1) is 4.79. The Bertz CT molecular complexity index is 155. The van der Waals surface area contributed by atoms with Crippen LogP contribution in [0.15, 0.2) is 0 Å². The normalized spacial score (nSPS) is 21.7. The molecule has 0 N–H and O–H groups in total. The highest BCUT2D eigenvalue weighted by Gasteiger charge is 2.10. The molecule has 1 rings (SSSR count). The van der Waals surface area contributed by atoms with Crippen LogP contribution in [0.1, 0.15) is 0 Å². The van der Waals surface area contributed by atoms with Gasteiger partial charge in [-0.25, -0.2) is 8.42 Å². The van der Waals surface area contributed by atoms with E-state index >= 15 is 0 Å². The molecule has 1 heterocycles. The fourth-order valence-electron chi connectivity index (χ4n) is 0.723. The average Bonchev–Trinajstić information content (AvgIpc) is 1.88. The van der Waals surface area contributed by atoms with E-state index in [2.05, 4.69) is 4.28 Å². The zero-order valence-electron chi connectivity index (χ0n) is 5.36. The molecule has 6 heteroatoms. The van der Waals surface area contributed by atoms with Crippen molar-refractivity contribution in [2.24, 2.45) is 0 Å². The summed E-state index contributed by atoms with van der Waals surface area (Å²) < 4.78 is 29.4. The van der Waals surface area contributed by atoms with Crippen LogP contribution in [-0.4, -0.2) is 39.8 Å². The molecule has 60 valence electrons. The molecule has 0 amide bonds. The molecule has 0 aromatic rings. The van der Waals surface area contributed by atoms with Crippen molar-refractivity contribution in [2.45, 2.75) is 0 Å². The molecule has 5 nitrogen and oxygen atoms in total. The number of hydrogen-bond donors (Lipinski definition) is 1. The lowest BCUT2D eigenvalue weighted by atomic mass is 10.5. The van der Waals surface area contributed by atoms with Crippen molar-refractivity contribution in [1.82, 2.24) is 5.06 Å². The van der Waals surface area contributed by atoms with E-state index < -0.39 is 11.0 Å². The minimum atomic E-state index is -2.75. The van der Waals surface area contributed by atoms with Crippen molar-refractivity contribution >= 4 is 11.0 Å². The summed E-state index contributed by atoms with van der Waals surface area (Å²) in [7, 11) is -2.75. The molecule has 1 aliphatic rings. The van der Waals surface area contributed by atoms with Gasteiger partial charge in [-0.15, -0.1) is 0 Å². The van der Waals surface area contributed by atoms with Crippen molar-refractivity contribution in [2.75, 3.05) is 26.3 Å². The van der Waals surface area contributed by atoms with Crippen LogP contribution >= 0.6 is 0 Å². The maximum Gasteiger partial charge on any atom is 0.273 e. The largest absolute Gasteiger partial charge is 0.379 e. The third-order valence-corrected chi connectivity index (χ3v) is 1.52. The summed E-state index contributed by atoms with van der Waals surface area (Å²) in [6, 6.07) is 0. The summed E-state index contributed by atoms with van der Waals surface area (Å²) >= 11 is 0. The third-order valence-electron chi connectivity index (χ3n) is 1.15. The predicted molar refractivity (Wildman–Crippen MR) is 33.8 cm³/mol. The minimum absolute atomic E-state index is 0.517. The Balaban J connectivity index is 2.26. The molecule has 10 heavy (non-hydrogen) atoms. The number of ether oxygens (including phenoxy) is 1. The van der Waals surface area contributed by atoms with Crippen molar-refractivity contribution in [3.05, 3.63) is 0 Å².